The molecule has 3 heteroatoms. The molecule has 0 aromatic heterocycles. The summed E-state index contributed by atoms with van der Waals surface area (Å²) < 4.78 is 1.46. The zero-order valence-electron chi connectivity index (χ0n) is 23.1. The third-order valence-electron chi connectivity index (χ3n) is 6.23. The van der Waals surface area contributed by atoms with Crippen molar-refractivity contribution in [1.82, 2.24) is 0 Å². The molecule has 37 heavy (non-hydrogen) atoms. The Hall–Kier alpha value is -1.66. The second-order valence-corrected chi connectivity index (χ2v) is 13.1. The molecule has 0 heterocycles. The molecule has 0 saturated carbocycles. The van der Waals surface area contributed by atoms with E-state index < -0.39 is 0 Å². The van der Waals surface area contributed by atoms with Crippen LogP contribution in [-0.4, -0.2) is 3.21 Å². The molecule has 5 rings (SSSR count). The van der Waals surface area contributed by atoms with Crippen LogP contribution in [0.2, 0.25) is 0 Å². The predicted octanol–water partition coefficient (Wildman–Crippen LogP) is 3.39. The first-order valence-electron chi connectivity index (χ1n) is 12.4. The standard InChI is InChI=1S/C21H25.C8H8.C5H5.2ClH.Zr/c1-20(2,3)16-7-9-18-14(12-16)11-15-13-17(21(4,5)6)8-10-19(15)18;1-2-8-6-4-3-5-7-8;1-2-4-5-3-1;;;/h7-13H,1-6H3;3-7H,1H3;1-3H,4H2;2*1H;/q-1;;-1;;;+2/p-2. The summed E-state index contributed by atoms with van der Waals surface area (Å²) in [4.78, 5) is 0. The Morgan fingerprint density at radius 3 is 1.54 bits per heavy atom. The van der Waals surface area contributed by atoms with Gasteiger partial charge in [0.05, 0.1) is 0 Å². The molecule has 194 valence electrons. The summed E-state index contributed by atoms with van der Waals surface area (Å²) in [7, 11) is 0. The Balaban J connectivity index is 0.000000354. The third-order valence-corrected chi connectivity index (χ3v) is 6.94. The fraction of sp³-hybridized carbons (Fsp3) is 0.294. The number of hydrogen-bond donors (Lipinski definition) is 0. The normalized spacial score (nSPS) is 12.1. The summed E-state index contributed by atoms with van der Waals surface area (Å²) in [5.41, 5.74) is 4.58. The van der Waals surface area contributed by atoms with Crippen molar-refractivity contribution >= 4 is 24.8 Å². The van der Waals surface area contributed by atoms with Crippen molar-refractivity contribution < 1.29 is 49.0 Å². The minimum Gasteiger partial charge on any atom is -1.00 e. The predicted molar refractivity (Wildman–Crippen MR) is 152 cm³/mol. The maximum atomic E-state index is 2.99. The molecule has 0 fully saturated rings. The van der Waals surface area contributed by atoms with E-state index in [2.05, 4.69) is 127 Å². The van der Waals surface area contributed by atoms with Crippen LogP contribution in [0.1, 0.15) is 71.6 Å². The maximum Gasteiger partial charge on any atom is -0.109 e. The fourth-order valence-electron chi connectivity index (χ4n) is 3.98. The summed E-state index contributed by atoms with van der Waals surface area (Å²) in [6.07, 6.45) is 10.0. The average Bonchev–Trinajstić information content (AvgIpc) is 3.49. The van der Waals surface area contributed by atoms with Crippen molar-refractivity contribution in [3.8, 4) is 0 Å². The molecule has 0 saturated heterocycles. The van der Waals surface area contributed by atoms with Crippen molar-refractivity contribution in [2.24, 2.45) is 0 Å². The van der Waals surface area contributed by atoms with Crippen LogP contribution >= 0.6 is 0 Å². The van der Waals surface area contributed by atoms with E-state index >= 15 is 0 Å². The van der Waals surface area contributed by atoms with Gasteiger partial charge >= 0.3 is 70.3 Å². The smallest absolute Gasteiger partial charge is 0.109 e. The van der Waals surface area contributed by atoms with Gasteiger partial charge in [0.25, 0.3) is 0 Å². The Kier molecular flexibility index (Phi) is 13.1. The number of fused-ring (bicyclic) bond motifs is 3. The minimum atomic E-state index is 0. The van der Waals surface area contributed by atoms with Crippen LogP contribution < -0.4 is 24.8 Å². The van der Waals surface area contributed by atoms with Gasteiger partial charge in [-0.15, -0.1) is 46.2 Å². The van der Waals surface area contributed by atoms with Crippen LogP contribution in [0.4, 0.5) is 0 Å². The Morgan fingerprint density at radius 1 is 0.757 bits per heavy atom. The van der Waals surface area contributed by atoms with Crippen LogP contribution in [0.3, 0.4) is 0 Å². The van der Waals surface area contributed by atoms with Crippen LogP contribution in [0.15, 0.2) is 91.0 Å². The van der Waals surface area contributed by atoms with Gasteiger partial charge in [-0.1, -0.05) is 76.9 Å². The fourth-order valence-corrected chi connectivity index (χ4v) is 4.39. The molecule has 0 radical (unpaired) electrons. The molecule has 0 amide bonds. The molecule has 0 atom stereocenters. The Labute approximate surface area is 251 Å². The monoisotopic (exact) mass is 606 g/mol. The number of rotatable bonds is 1. The van der Waals surface area contributed by atoms with Gasteiger partial charge in [0.15, 0.2) is 0 Å². The van der Waals surface area contributed by atoms with Gasteiger partial charge in [-0.05, 0) is 10.8 Å². The van der Waals surface area contributed by atoms with E-state index in [4.69, 9.17) is 0 Å². The Morgan fingerprint density at radius 2 is 1.24 bits per heavy atom. The van der Waals surface area contributed by atoms with Gasteiger partial charge in [0.1, 0.15) is 0 Å². The van der Waals surface area contributed by atoms with E-state index in [1.807, 2.05) is 18.2 Å². The van der Waals surface area contributed by atoms with Crippen molar-refractivity contribution in [3.63, 3.8) is 0 Å². The summed E-state index contributed by atoms with van der Waals surface area (Å²) >= 11 is 1.51. The van der Waals surface area contributed by atoms with E-state index in [-0.39, 0.29) is 35.6 Å². The summed E-state index contributed by atoms with van der Waals surface area (Å²) in [6.45, 7) is 15.8. The molecule has 0 unspecified atom stereocenters. The molecule has 0 nitrogen and oxygen atoms in total. The molecule has 4 aromatic carbocycles. The van der Waals surface area contributed by atoms with Gasteiger partial charge in [0, 0.05) is 0 Å². The van der Waals surface area contributed by atoms with Crippen molar-refractivity contribution in [1.29, 1.82) is 0 Å². The quantitative estimate of drug-likeness (QED) is 0.291. The van der Waals surface area contributed by atoms with Gasteiger partial charge in [0.2, 0.25) is 0 Å². The molecule has 0 spiro atoms. The molecule has 0 N–H and O–H groups in total. The first kappa shape index (κ1) is 33.4. The van der Waals surface area contributed by atoms with Crippen molar-refractivity contribution in [2.45, 2.75) is 65.7 Å². The molecular formula is C34H38Cl2Zr-2. The van der Waals surface area contributed by atoms with E-state index in [1.54, 1.807) is 0 Å². The van der Waals surface area contributed by atoms with Crippen LogP contribution in [0.5, 0.6) is 0 Å². The number of hydrogen-bond acceptors (Lipinski definition) is 0. The third kappa shape index (κ3) is 9.55. The summed E-state index contributed by atoms with van der Waals surface area (Å²) in [5, 5.41) is 5.48. The number of allylic oxidation sites excluding steroid dienone is 4. The number of benzene rings is 3. The van der Waals surface area contributed by atoms with Crippen LogP contribution in [-0.2, 0) is 35.1 Å². The molecule has 4 aromatic rings. The van der Waals surface area contributed by atoms with Gasteiger partial charge < -0.3 is 24.8 Å². The molecule has 0 bridgehead atoms. The minimum absolute atomic E-state index is 0. The maximum absolute atomic E-state index is 2.99. The summed E-state index contributed by atoms with van der Waals surface area (Å²) in [5.74, 6) is 0. The first-order chi connectivity index (χ1) is 16.5. The SMILES string of the molecule is CC(C)(C)c1ccc2c(c1)[cH-]c1cc(C(C)(C)C)ccc12.C[C](=[Zr+2])c1ccccc1.[C-]1=CC=CC1.[Cl-].[Cl-]. The second-order valence-electron chi connectivity index (χ2n) is 11.2. The zero-order valence-corrected chi connectivity index (χ0v) is 27.1. The van der Waals surface area contributed by atoms with Crippen LogP contribution in [0.25, 0.3) is 21.5 Å². The van der Waals surface area contributed by atoms with Crippen molar-refractivity contribution in [2.75, 3.05) is 0 Å². The average molecular weight is 609 g/mol. The van der Waals surface area contributed by atoms with E-state index in [9.17, 15) is 0 Å². The molecule has 1 aliphatic carbocycles. The van der Waals surface area contributed by atoms with E-state index in [1.165, 1.54) is 65.7 Å². The second kappa shape index (κ2) is 14.5. The molecule has 1 aliphatic rings. The van der Waals surface area contributed by atoms with Gasteiger partial charge in [-0.25, -0.2) is 12.2 Å². The van der Waals surface area contributed by atoms with Crippen LogP contribution in [0, 0.1) is 6.08 Å². The van der Waals surface area contributed by atoms with Gasteiger partial charge in [-0.2, -0.15) is 6.08 Å². The van der Waals surface area contributed by atoms with Gasteiger partial charge in [-0.3, -0.25) is 6.08 Å². The molecular weight excluding hydrogens is 571 g/mol. The van der Waals surface area contributed by atoms with Crippen molar-refractivity contribution in [3.05, 3.63) is 114 Å². The topological polar surface area (TPSA) is 0 Å². The summed E-state index contributed by atoms with van der Waals surface area (Å²) in [6, 6.07) is 26.7. The largest absolute Gasteiger partial charge is 1.00 e. The first-order valence-corrected chi connectivity index (χ1v) is 13.7. The van der Waals surface area contributed by atoms with E-state index in [0.29, 0.717) is 0 Å². The molecule has 0 aliphatic heterocycles. The Bertz CT molecular complexity index is 1270. The number of halogens is 2. The van der Waals surface area contributed by atoms with E-state index in [0.717, 1.165) is 6.42 Å². The zero-order chi connectivity index (χ0) is 25.6.